The van der Waals surface area contributed by atoms with E-state index in [-0.39, 0.29) is 29.6 Å². The lowest BCUT2D eigenvalue weighted by atomic mass is 10.2. The second-order valence-electron chi connectivity index (χ2n) is 4.33. The predicted octanol–water partition coefficient (Wildman–Crippen LogP) is 1.29. The molecule has 0 bridgehead atoms. The van der Waals surface area contributed by atoms with Crippen LogP contribution in [-0.4, -0.2) is 28.1 Å². The van der Waals surface area contributed by atoms with Gasteiger partial charge in [0.2, 0.25) is 0 Å². The van der Waals surface area contributed by atoms with Crippen LogP contribution < -0.4 is 10.6 Å². The molecule has 21 heavy (non-hydrogen) atoms. The minimum Gasteiger partial charge on any atom is -0.459 e. The first-order valence-electron chi connectivity index (χ1n) is 6.18. The number of anilines is 1. The summed E-state index contributed by atoms with van der Waals surface area (Å²) in [4.78, 5) is 23.9. The Kier molecular flexibility index (Phi) is 4.36. The van der Waals surface area contributed by atoms with E-state index in [1.165, 1.54) is 18.5 Å². The van der Waals surface area contributed by atoms with Crippen LogP contribution in [0.5, 0.6) is 0 Å². The van der Waals surface area contributed by atoms with Crippen LogP contribution >= 0.6 is 0 Å². The highest BCUT2D eigenvalue weighted by atomic mass is 16.3. The van der Waals surface area contributed by atoms with Crippen molar-refractivity contribution in [1.82, 2.24) is 15.5 Å². The number of aromatic nitrogens is 2. The third-order valence-electron chi connectivity index (χ3n) is 2.63. The monoisotopic (exact) mass is 287 g/mol. The van der Waals surface area contributed by atoms with E-state index in [0.29, 0.717) is 0 Å². The summed E-state index contributed by atoms with van der Waals surface area (Å²) in [6.07, 6.45) is 2.89. The smallest absolute Gasteiger partial charge is 0.291 e. The number of rotatable bonds is 5. The number of hydrogen-bond donors (Lipinski definition) is 3. The molecule has 2 amide bonds. The van der Waals surface area contributed by atoms with Gasteiger partial charge in [-0.25, -0.2) is 0 Å². The van der Waals surface area contributed by atoms with E-state index in [4.69, 9.17) is 9.68 Å². The number of H-pyrrole nitrogens is 1. The minimum absolute atomic E-state index is 0.111. The summed E-state index contributed by atoms with van der Waals surface area (Å²) in [5.74, 6) is -0.814. The Balaban J connectivity index is 2.06. The molecule has 0 unspecified atom stereocenters. The summed E-state index contributed by atoms with van der Waals surface area (Å²) in [7, 11) is 0. The highest BCUT2D eigenvalue weighted by molar-refractivity contribution is 6.06. The maximum atomic E-state index is 12.0. The molecule has 0 radical (unpaired) electrons. The van der Waals surface area contributed by atoms with E-state index < -0.39 is 11.8 Å². The van der Waals surface area contributed by atoms with Crippen LogP contribution in [0.25, 0.3) is 0 Å². The van der Waals surface area contributed by atoms with Crippen LogP contribution in [0.1, 0.15) is 34.4 Å². The van der Waals surface area contributed by atoms with Crippen molar-refractivity contribution in [2.75, 3.05) is 5.32 Å². The third-order valence-corrected chi connectivity index (χ3v) is 2.63. The SMILES string of the molecule is C[C@@H](CC#N)NC(=O)c1[nH]ncc1NC(=O)c1ccco1. The van der Waals surface area contributed by atoms with Crippen LogP contribution in [-0.2, 0) is 0 Å². The highest BCUT2D eigenvalue weighted by Gasteiger charge is 2.18. The van der Waals surface area contributed by atoms with Crippen molar-refractivity contribution in [3.63, 3.8) is 0 Å². The van der Waals surface area contributed by atoms with Gasteiger partial charge in [0.05, 0.1) is 30.6 Å². The molecule has 0 aliphatic rings. The molecule has 108 valence electrons. The van der Waals surface area contributed by atoms with Crippen LogP contribution in [0, 0.1) is 11.3 Å². The van der Waals surface area contributed by atoms with Crippen molar-refractivity contribution in [2.45, 2.75) is 19.4 Å². The van der Waals surface area contributed by atoms with E-state index in [1.54, 1.807) is 13.0 Å². The van der Waals surface area contributed by atoms with Crippen molar-refractivity contribution in [3.05, 3.63) is 36.0 Å². The highest BCUT2D eigenvalue weighted by Crippen LogP contribution is 2.14. The molecule has 0 aromatic carbocycles. The second kappa shape index (κ2) is 6.38. The van der Waals surface area contributed by atoms with Gasteiger partial charge in [-0.3, -0.25) is 14.7 Å². The van der Waals surface area contributed by atoms with Crippen LogP contribution in [0.4, 0.5) is 5.69 Å². The first kappa shape index (κ1) is 14.3. The topological polar surface area (TPSA) is 124 Å². The Bertz CT molecular complexity index is 668. The maximum absolute atomic E-state index is 12.0. The fraction of sp³-hybridized carbons (Fsp3) is 0.231. The van der Waals surface area contributed by atoms with Crippen molar-refractivity contribution < 1.29 is 14.0 Å². The first-order valence-corrected chi connectivity index (χ1v) is 6.18. The van der Waals surface area contributed by atoms with Gasteiger partial charge in [0.15, 0.2) is 5.76 Å². The molecule has 3 N–H and O–H groups in total. The molecule has 2 rings (SSSR count). The Morgan fingerprint density at radius 3 is 3.00 bits per heavy atom. The Morgan fingerprint density at radius 2 is 2.33 bits per heavy atom. The molecule has 2 heterocycles. The zero-order valence-electron chi connectivity index (χ0n) is 11.2. The molecule has 2 aromatic rings. The molecule has 8 nitrogen and oxygen atoms in total. The molecule has 0 fully saturated rings. The zero-order valence-corrected chi connectivity index (χ0v) is 11.2. The van der Waals surface area contributed by atoms with Crippen molar-refractivity contribution in [1.29, 1.82) is 5.26 Å². The average molecular weight is 287 g/mol. The fourth-order valence-corrected chi connectivity index (χ4v) is 1.63. The Morgan fingerprint density at radius 1 is 1.52 bits per heavy atom. The van der Waals surface area contributed by atoms with Crippen molar-refractivity contribution in [2.24, 2.45) is 0 Å². The number of carbonyl (C=O) groups is 2. The largest absolute Gasteiger partial charge is 0.459 e. The van der Waals surface area contributed by atoms with E-state index in [1.807, 2.05) is 6.07 Å². The molecule has 0 aliphatic heterocycles. The van der Waals surface area contributed by atoms with E-state index >= 15 is 0 Å². The summed E-state index contributed by atoms with van der Waals surface area (Å²) in [6.45, 7) is 1.71. The second-order valence-corrected chi connectivity index (χ2v) is 4.33. The number of furan rings is 1. The van der Waals surface area contributed by atoms with Crippen molar-refractivity contribution >= 4 is 17.5 Å². The number of aromatic amines is 1. The molecule has 0 saturated heterocycles. The van der Waals surface area contributed by atoms with Gasteiger partial charge in [-0.05, 0) is 19.1 Å². The van der Waals surface area contributed by atoms with Gasteiger partial charge in [-0.1, -0.05) is 0 Å². The number of hydrogen-bond acceptors (Lipinski definition) is 5. The Hall–Kier alpha value is -3.08. The molecular weight excluding hydrogens is 274 g/mol. The summed E-state index contributed by atoms with van der Waals surface area (Å²) < 4.78 is 4.96. The van der Waals surface area contributed by atoms with Crippen LogP contribution in [0.3, 0.4) is 0 Å². The molecule has 0 spiro atoms. The number of nitrogens with one attached hydrogen (secondary N) is 3. The number of nitrogens with zero attached hydrogens (tertiary/aromatic N) is 2. The number of carbonyl (C=O) groups excluding carboxylic acids is 2. The van der Waals surface area contributed by atoms with Crippen LogP contribution in [0.2, 0.25) is 0 Å². The molecule has 0 aliphatic carbocycles. The summed E-state index contributed by atoms with van der Waals surface area (Å²) in [5.41, 5.74) is 0.345. The lowest BCUT2D eigenvalue weighted by molar-refractivity contribution is 0.0936. The molecule has 8 heteroatoms. The van der Waals surface area contributed by atoms with Crippen molar-refractivity contribution in [3.8, 4) is 6.07 Å². The minimum atomic E-state index is -0.486. The molecule has 2 aromatic heterocycles. The van der Waals surface area contributed by atoms with E-state index in [0.717, 1.165) is 0 Å². The van der Waals surface area contributed by atoms with Gasteiger partial charge >= 0.3 is 0 Å². The lowest BCUT2D eigenvalue weighted by Crippen LogP contribution is -2.33. The maximum Gasteiger partial charge on any atom is 0.291 e. The molecule has 0 saturated carbocycles. The summed E-state index contributed by atoms with van der Waals surface area (Å²) in [6, 6.07) is 4.74. The fourth-order valence-electron chi connectivity index (χ4n) is 1.63. The van der Waals surface area contributed by atoms with E-state index in [2.05, 4.69) is 20.8 Å². The summed E-state index contributed by atoms with van der Waals surface area (Å²) >= 11 is 0. The van der Waals surface area contributed by atoms with Gasteiger partial charge in [-0.15, -0.1) is 0 Å². The average Bonchev–Trinajstić information content (AvgIpc) is 3.09. The quantitative estimate of drug-likeness (QED) is 0.764. The third kappa shape index (κ3) is 3.48. The van der Waals surface area contributed by atoms with Crippen LogP contribution in [0.15, 0.2) is 29.0 Å². The predicted molar refractivity (Wildman–Crippen MR) is 72.4 cm³/mol. The number of amides is 2. The Labute approximate surface area is 120 Å². The van der Waals surface area contributed by atoms with Gasteiger partial charge < -0.3 is 15.1 Å². The lowest BCUT2D eigenvalue weighted by Gasteiger charge is -2.10. The standard InChI is InChI=1S/C13H13N5O3/c1-8(4-5-14)16-13(20)11-9(7-15-18-11)17-12(19)10-3-2-6-21-10/h2-3,6-8H,4H2,1H3,(H,15,18)(H,16,20)(H,17,19)/t8-/m0/s1. The van der Waals surface area contributed by atoms with Gasteiger partial charge in [-0.2, -0.15) is 10.4 Å². The van der Waals surface area contributed by atoms with Gasteiger partial charge in [0.1, 0.15) is 5.69 Å². The molecule has 1 atom stereocenters. The number of nitriles is 1. The first-order chi connectivity index (χ1) is 10.1. The summed E-state index contributed by atoms with van der Waals surface area (Å²) in [5, 5.41) is 20.0. The van der Waals surface area contributed by atoms with Gasteiger partial charge in [0, 0.05) is 6.04 Å². The normalized spacial score (nSPS) is 11.4. The van der Waals surface area contributed by atoms with Gasteiger partial charge in [0.25, 0.3) is 11.8 Å². The van der Waals surface area contributed by atoms with E-state index in [9.17, 15) is 9.59 Å². The molecular formula is C13H13N5O3. The zero-order chi connectivity index (χ0) is 15.2.